The van der Waals surface area contributed by atoms with Gasteiger partial charge in [0.1, 0.15) is 23.6 Å². The number of nitrogens with two attached hydrogens (primary N) is 1. The molecule has 0 aliphatic carbocycles. The third kappa shape index (κ3) is 6.17. The fraction of sp³-hybridized carbons (Fsp3) is 0.481. The van der Waals surface area contributed by atoms with Gasteiger partial charge >= 0.3 is 0 Å². The summed E-state index contributed by atoms with van der Waals surface area (Å²) in [4.78, 5) is 25.4. The fourth-order valence-corrected chi connectivity index (χ4v) is 5.81. The number of rotatable bonds is 10. The average molecular weight is 569 g/mol. The number of fused-ring (bicyclic) bond motifs is 2. The van der Waals surface area contributed by atoms with Gasteiger partial charge in [-0.1, -0.05) is 31.2 Å². The number of aromatic nitrogens is 5. The summed E-state index contributed by atoms with van der Waals surface area (Å²) in [6.45, 7) is 12.4. The number of carbonyl (C=O) groups is 1. The smallest absolute Gasteiger partial charge is 0.255 e. The molecule has 0 saturated carbocycles. The molecule has 39 heavy (non-hydrogen) atoms. The van der Waals surface area contributed by atoms with Gasteiger partial charge in [-0.2, -0.15) is 5.10 Å². The number of ether oxygens (including phenoxy) is 1. The van der Waals surface area contributed by atoms with Crippen molar-refractivity contribution in [3.05, 3.63) is 41.2 Å². The van der Waals surface area contributed by atoms with Crippen LogP contribution in [0.4, 0.5) is 0 Å². The van der Waals surface area contributed by atoms with Crippen LogP contribution in [0.15, 0.2) is 30.6 Å². The molecule has 5 rings (SSSR count). The molecule has 208 valence electrons. The van der Waals surface area contributed by atoms with E-state index in [1.165, 1.54) is 0 Å². The van der Waals surface area contributed by atoms with E-state index in [4.69, 9.17) is 32.0 Å². The second-order valence-corrected chi connectivity index (χ2v) is 17.8. The molecule has 4 heterocycles. The van der Waals surface area contributed by atoms with Crippen molar-refractivity contribution in [3.63, 3.8) is 0 Å². The van der Waals surface area contributed by atoms with Gasteiger partial charge in [-0.3, -0.25) is 14.4 Å². The lowest BCUT2D eigenvalue weighted by molar-refractivity contribution is 0.0881. The van der Waals surface area contributed by atoms with Gasteiger partial charge in [-0.05, 0) is 31.2 Å². The Morgan fingerprint density at radius 1 is 1.31 bits per heavy atom. The molecule has 10 nitrogen and oxygen atoms in total. The third-order valence-electron chi connectivity index (χ3n) is 6.99. The molecule has 1 amide bonds. The number of nitrogens with one attached hydrogen (secondary N) is 1. The number of nitrogens with zero attached hydrogens (tertiary/aromatic N) is 6. The van der Waals surface area contributed by atoms with Crippen LogP contribution >= 0.6 is 11.6 Å². The van der Waals surface area contributed by atoms with Crippen LogP contribution in [0.2, 0.25) is 30.7 Å². The number of carbonyl (C=O) groups excluding carboxylic acids is 1. The molecule has 1 aliphatic heterocycles. The van der Waals surface area contributed by atoms with Crippen LogP contribution in [0.5, 0.6) is 0 Å². The Morgan fingerprint density at radius 3 is 2.79 bits per heavy atom. The van der Waals surface area contributed by atoms with Crippen LogP contribution in [0, 0.1) is 0 Å². The number of amides is 1. The summed E-state index contributed by atoms with van der Waals surface area (Å²) < 4.78 is 9.64. The summed E-state index contributed by atoms with van der Waals surface area (Å²) in [7, 11) is 0.648. The maximum Gasteiger partial charge on any atom is 0.255 e. The molecular formula is C27H37ClN8O2Si. The maximum atomic E-state index is 13.5. The van der Waals surface area contributed by atoms with E-state index in [1.54, 1.807) is 17.1 Å². The highest BCUT2D eigenvalue weighted by Crippen LogP contribution is 2.30. The SMILES string of the molecule is C[C@H](CN1CC(N)C1)NC(=O)c1cn(COCC[Si](C)(C)C)c2ncc(-c3nn(C)c4cc(Cl)ccc34)nc12. The monoisotopic (exact) mass is 568 g/mol. The molecule has 3 aromatic heterocycles. The van der Waals surface area contributed by atoms with Crippen LogP contribution in [0.3, 0.4) is 0 Å². The molecule has 0 bridgehead atoms. The number of likely N-dealkylation sites (tertiary alicyclic amines) is 1. The Morgan fingerprint density at radius 2 is 2.08 bits per heavy atom. The quantitative estimate of drug-likeness (QED) is 0.221. The number of hydrogen-bond acceptors (Lipinski definition) is 7. The van der Waals surface area contributed by atoms with Crippen molar-refractivity contribution in [3.8, 4) is 11.4 Å². The summed E-state index contributed by atoms with van der Waals surface area (Å²) in [5, 5.41) is 9.37. The lowest BCUT2D eigenvalue weighted by Gasteiger charge is -2.38. The highest BCUT2D eigenvalue weighted by molar-refractivity contribution is 6.76. The lowest BCUT2D eigenvalue weighted by atomic mass is 10.1. The Hall–Kier alpha value is -2.83. The van der Waals surface area contributed by atoms with E-state index in [1.807, 2.05) is 36.7 Å². The molecule has 1 fully saturated rings. The number of benzene rings is 1. The zero-order valence-electron chi connectivity index (χ0n) is 23.2. The first-order valence-electron chi connectivity index (χ1n) is 13.3. The second-order valence-electron chi connectivity index (χ2n) is 11.8. The third-order valence-corrected chi connectivity index (χ3v) is 8.93. The van der Waals surface area contributed by atoms with E-state index in [2.05, 4.69) is 35.0 Å². The molecular weight excluding hydrogens is 532 g/mol. The molecule has 4 aromatic rings. The van der Waals surface area contributed by atoms with Crippen LogP contribution in [-0.4, -0.2) is 81.5 Å². The largest absolute Gasteiger partial charge is 0.361 e. The minimum Gasteiger partial charge on any atom is -0.361 e. The number of aryl methyl sites for hydroxylation is 1. The average Bonchev–Trinajstić information content (AvgIpc) is 3.37. The van der Waals surface area contributed by atoms with Gasteiger partial charge in [0.2, 0.25) is 0 Å². The van der Waals surface area contributed by atoms with Crippen molar-refractivity contribution in [2.24, 2.45) is 12.8 Å². The molecule has 12 heteroatoms. The van der Waals surface area contributed by atoms with Crippen molar-refractivity contribution in [2.45, 2.75) is 51.4 Å². The minimum absolute atomic E-state index is 0.0444. The normalized spacial score (nSPS) is 15.7. The van der Waals surface area contributed by atoms with Gasteiger partial charge in [0, 0.05) is 70.1 Å². The Balaban J connectivity index is 1.46. The first kappa shape index (κ1) is 27.7. The van der Waals surface area contributed by atoms with Gasteiger partial charge in [0.05, 0.1) is 17.3 Å². The van der Waals surface area contributed by atoms with Gasteiger partial charge in [0.25, 0.3) is 5.91 Å². The van der Waals surface area contributed by atoms with Crippen molar-refractivity contribution < 1.29 is 9.53 Å². The zero-order valence-corrected chi connectivity index (χ0v) is 25.0. The van der Waals surface area contributed by atoms with Gasteiger partial charge in [-0.15, -0.1) is 0 Å². The zero-order chi connectivity index (χ0) is 27.9. The topological polar surface area (TPSA) is 116 Å². The Kier molecular flexibility index (Phi) is 7.80. The van der Waals surface area contributed by atoms with Crippen LogP contribution < -0.4 is 11.1 Å². The second kappa shape index (κ2) is 11.0. The van der Waals surface area contributed by atoms with Gasteiger partial charge in [-0.25, -0.2) is 9.97 Å². The molecule has 0 radical (unpaired) electrons. The van der Waals surface area contributed by atoms with Gasteiger partial charge in [0.15, 0.2) is 5.65 Å². The fourth-order valence-electron chi connectivity index (χ4n) is 4.88. The van der Waals surface area contributed by atoms with Crippen LogP contribution in [-0.2, 0) is 18.5 Å². The van der Waals surface area contributed by atoms with Crippen molar-refractivity contribution in [1.29, 1.82) is 0 Å². The Labute approximate surface area is 234 Å². The molecule has 0 unspecified atom stereocenters. The summed E-state index contributed by atoms with van der Waals surface area (Å²) in [6, 6.07) is 6.88. The van der Waals surface area contributed by atoms with E-state index in [0.717, 1.165) is 36.6 Å². The summed E-state index contributed by atoms with van der Waals surface area (Å²) in [5.74, 6) is -0.192. The van der Waals surface area contributed by atoms with Crippen molar-refractivity contribution in [2.75, 3.05) is 26.2 Å². The Bertz CT molecular complexity index is 1510. The lowest BCUT2D eigenvalue weighted by Crippen LogP contribution is -2.58. The van der Waals surface area contributed by atoms with E-state index < -0.39 is 8.07 Å². The summed E-state index contributed by atoms with van der Waals surface area (Å²) >= 11 is 6.22. The first-order chi connectivity index (χ1) is 18.5. The molecule has 1 saturated heterocycles. The van der Waals surface area contributed by atoms with E-state index in [9.17, 15) is 4.79 Å². The minimum atomic E-state index is -1.22. The van der Waals surface area contributed by atoms with E-state index in [-0.39, 0.29) is 18.0 Å². The highest BCUT2D eigenvalue weighted by atomic mass is 35.5. The van der Waals surface area contributed by atoms with Crippen LogP contribution in [0.1, 0.15) is 17.3 Å². The predicted molar refractivity (Wildman–Crippen MR) is 158 cm³/mol. The summed E-state index contributed by atoms with van der Waals surface area (Å²) in [6.07, 6.45) is 3.50. The first-order valence-corrected chi connectivity index (χ1v) is 17.4. The number of halogens is 1. The number of hydrogen-bond donors (Lipinski definition) is 2. The summed E-state index contributed by atoms with van der Waals surface area (Å²) in [5.41, 5.74) is 9.66. The molecule has 1 atom stereocenters. The molecule has 1 aromatic carbocycles. The highest BCUT2D eigenvalue weighted by Gasteiger charge is 2.26. The van der Waals surface area contributed by atoms with E-state index >= 15 is 0 Å². The van der Waals surface area contributed by atoms with Crippen LogP contribution in [0.25, 0.3) is 33.5 Å². The molecule has 1 aliphatic rings. The predicted octanol–water partition coefficient (Wildman–Crippen LogP) is 3.71. The molecule has 3 N–H and O–H groups in total. The van der Waals surface area contributed by atoms with E-state index in [0.29, 0.717) is 46.5 Å². The van der Waals surface area contributed by atoms with Crippen molar-refractivity contribution in [1.82, 2.24) is 34.5 Å². The van der Waals surface area contributed by atoms with Crippen molar-refractivity contribution >= 4 is 47.6 Å². The molecule has 0 spiro atoms. The standard InChI is InChI=1S/C27H37ClN8O2Si/c1-17(12-35-13-19(29)14-35)31-27(37)21-15-36(16-38-8-9-39(3,4)5)26-25(21)32-22(11-30-26)24-20-7-6-18(28)10-23(20)34(2)33-24/h6-7,10-11,15,17,19H,8-9,12-14,16,29H2,1-5H3,(H,31,37)/t17-/m1/s1. The van der Waals surface area contributed by atoms with Gasteiger partial charge < -0.3 is 20.4 Å². The maximum absolute atomic E-state index is 13.5.